The van der Waals surface area contributed by atoms with E-state index in [-0.39, 0.29) is 30.0 Å². The minimum atomic E-state index is -0.979. The van der Waals surface area contributed by atoms with Crippen molar-refractivity contribution >= 4 is 11.8 Å². The monoisotopic (exact) mass is 472 g/mol. The number of benzene rings is 1. The molecule has 0 unspecified atom stereocenters. The summed E-state index contributed by atoms with van der Waals surface area (Å²) < 4.78 is 20.7. The number of carbonyl (C=O) groups excluding carboxylic acids is 2. The molecule has 1 aliphatic rings. The maximum absolute atomic E-state index is 14.1. The van der Waals surface area contributed by atoms with Crippen LogP contribution in [0.4, 0.5) is 4.39 Å². The van der Waals surface area contributed by atoms with Crippen molar-refractivity contribution < 1.29 is 23.8 Å². The summed E-state index contributed by atoms with van der Waals surface area (Å²) in [6.07, 6.45) is 4.09. The number of nitrogens with zero attached hydrogens (tertiary/aromatic N) is 3. The highest BCUT2D eigenvalue weighted by atomic mass is 19.1. The lowest BCUT2D eigenvalue weighted by Crippen LogP contribution is -2.54. The fourth-order valence-corrected chi connectivity index (χ4v) is 3.76. The first-order chi connectivity index (χ1) is 16.2. The Morgan fingerprint density at radius 1 is 1.29 bits per heavy atom. The van der Waals surface area contributed by atoms with Gasteiger partial charge in [0.05, 0.1) is 12.8 Å². The highest BCUT2D eigenvalue weighted by Crippen LogP contribution is 2.25. The number of hydrogen-bond donors (Lipinski definition) is 2. The van der Waals surface area contributed by atoms with Crippen LogP contribution < -0.4 is 15.8 Å². The number of aryl methyl sites for hydroxylation is 1. The molecule has 34 heavy (non-hydrogen) atoms. The number of pyridine rings is 1. The predicted molar refractivity (Wildman–Crippen MR) is 124 cm³/mol. The van der Waals surface area contributed by atoms with Crippen molar-refractivity contribution in [2.45, 2.75) is 40.2 Å². The average molecular weight is 473 g/mol. The van der Waals surface area contributed by atoms with E-state index in [2.05, 4.69) is 5.32 Å². The van der Waals surface area contributed by atoms with Gasteiger partial charge in [0.1, 0.15) is 24.3 Å². The van der Waals surface area contributed by atoms with Crippen molar-refractivity contribution in [3.05, 3.63) is 74.8 Å². The van der Waals surface area contributed by atoms with Gasteiger partial charge in [-0.1, -0.05) is 25.5 Å². The summed E-state index contributed by atoms with van der Waals surface area (Å²) in [6, 6.07) is 4.61. The normalized spacial score (nSPS) is 13.7. The molecule has 0 atom stereocenters. The van der Waals surface area contributed by atoms with E-state index in [0.717, 1.165) is 12.0 Å². The Morgan fingerprint density at radius 3 is 2.65 bits per heavy atom. The summed E-state index contributed by atoms with van der Waals surface area (Å²) in [4.78, 5) is 40.1. The van der Waals surface area contributed by atoms with Crippen molar-refractivity contribution in [3.63, 3.8) is 0 Å². The van der Waals surface area contributed by atoms with Crippen LogP contribution in [0, 0.1) is 12.7 Å². The van der Waals surface area contributed by atoms with Gasteiger partial charge < -0.3 is 20.1 Å². The topological polar surface area (TPSA) is 104 Å². The number of allylic oxidation sites excluding steroid dienone is 1. The van der Waals surface area contributed by atoms with Crippen LogP contribution >= 0.6 is 0 Å². The van der Waals surface area contributed by atoms with E-state index in [1.807, 2.05) is 6.92 Å². The third-order valence-corrected chi connectivity index (χ3v) is 5.58. The van der Waals surface area contributed by atoms with E-state index in [9.17, 15) is 23.9 Å². The summed E-state index contributed by atoms with van der Waals surface area (Å²) in [5.41, 5.74) is 0.0933. The van der Waals surface area contributed by atoms with Gasteiger partial charge >= 0.3 is 0 Å². The zero-order valence-corrected chi connectivity index (χ0v) is 19.7. The van der Waals surface area contributed by atoms with Gasteiger partial charge in [0.15, 0.2) is 11.4 Å². The van der Waals surface area contributed by atoms with E-state index in [1.54, 1.807) is 31.0 Å². The Hall–Kier alpha value is -3.82. The summed E-state index contributed by atoms with van der Waals surface area (Å²) >= 11 is 0. The molecule has 9 nitrogen and oxygen atoms in total. The number of halogens is 1. The molecule has 0 fully saturated rings. The maximum Gasteiger partial charge on any atom is 0.277 e. The quantitative estimate of drug-likeness (QED) is 0.573. The van der Waals surface area contributed by atoms with Crippen LogP contribution in [0.25, 0.3) is 0 Å². The van der Waals surface area contributed by atoms with Gasteiger partial charge in [-0.15, -0.1) is 0 Å². The van der Waals surface area contributed by atoms with Crippen LogP contribution in [0.15, 0.2) is 41.1 Å². The predicted octanol–water partition coefficient (Wildman–Crippen LogP) is 2.59. The number of ether oxygens (including phenoxy) is 1. The summed E-state index contributed by atoms with van der Waals surface area (Å²) in [7, 11) is 1.50. The third-order valence-electron chi connectivity index (χ3n) is 5.58. The molecule has 2 heterocycles. The molecular formula is C24H29FN4O5. The maximum atomic E-state index is 14.1. The molecule has 0 radical (unpaired) electrons. The van der Waals surface area contributed by atoms with E-state index >= 15 is 0 Å². The van der Waals surface area contributed by atoms with Gasteiger partial charge in [-0.05, 0) is 31.9 Å². The molecular weight excluding hydrogens is 443 g/mol. The Balaban J connectivity index is 2.04. The highest BCUT2D eigenvalue weighted by Gasteiger charge is 2.35. The second-order valence-corrected chi connectivity index (χ2v) is 7.99. The number of amides is 2. The smallest absolute Gasteiger partial charge is 0.277 e. The second-order valence-electron chi connectivity index (χ2n) is 7.99. The molecule has 0 saturated heterocycles. The number of methoxy groups -OCH3 is 1. The molecule has 0 aliphatic carbocycles. The van der Waals surface area contributed by atoms with Crippen LogP contribution in [-0.2, 0) is 11.3 Å². The van der Waals surface area contributed by atoms with Crippen molar-refractivity contribution in [3.8, 4) is 5.75 Å². The lowest BCUT2D eigenvalue weighted by atomic mass is 10.1. The molecule has 0 saturated carbocycles. The summed E-state index contributed by atoms with van der Waals surface area (Å²) in [6.45, 7) is 5.84. The molecule has 1 aromatic heterocycles. The summed E-state index contributed by atoms with van der Waals surface area (Å²) in [5.74, 6) is -2.63. The zero-order chi connectivity index (χ0) is 25.0. The first-order valence-corrected chi connectivity index (χ1v) is 11.0. The number of rotatable bonds is 8. The molecule has 182 valence electrons. The SMILES string of the molecule is CCC/C(=C/OC)N1CN(CC)C(=O)c2c(O)c(=O)c(C(=O)NCc3ccc(C)cc3F)cn21. The minimum absolute atomic E-state index is 0.134. The fraction of sp³-hybridized carbons (Fsp3) is 0.375. The molecule has 2 N–H and O–H groups in total. The van der Waals surface area contributed by atoms with Gasteiger partial charge in [-0.25, -0.2) is 9.07 Å². The van der Waals surface area contributed by atoms with Crippen molar-refractivity contribution in [1.29, 1.82) is 0 Å². The van der Waals surface area contributed by atoms with Gasteiger partial charge in [0, 0.05) is 24.8 Å². The Bertz CT molecular complexity index is 1190. The number of aromatic hydroxyl groups is 1. The molecule has 1 aliphatic heterocycles. The highest BCUT2D eigenvalue weighted by molar-refractivity contribution is 5.99. The van der Waals surface area contributed by atoms with Crippen LogP contribution in [0.3, 0.4) is 0 Å². The van der Waals surface area contributed by atoms with Gasteiger partial charge in [0.25, 0.3) is 11.8 Å². The lowest BCUT2D eigenvalue weighted by Gasteiger charge is -2.40. The molecule has 2 aromatic rings. The third kappa shape index (κ3) is 4.75. The Morgan fingerprint density at radius 2 is 2.03 bits per heavy atom. The van der Waals surface area contributed by atoms with Crippen molar-refractivity contribution in [2.24, 2.45) is 0 Å². The molecule has 1 aromatic carbocycles. The standard InChI is InChI=1S/C24H29FN4O5/c1-5-7-17(13-34-4)29-14-27(6-2)24(33)20-22(31)21(30)18(12-28(20)29)23(32)26-11-16-9-8-15(3)10-19(16)25/h8-10,12-13,31H,5-7,11,14H2,1-4H3,(H,26,32)/b17-13-. The summed E-state index contributed by atoms with van der Waals surface area (Å²) in [5, 5.41) is 14.9. The molecule has 2 amide bonds. The van der Waals surface area contributed by atoms with Crippen LogP contribution in [0.2, 0.25) is 0 Å². The van der Waals surface area contributed by atoms with Crippen LogP contribution in [-0.4, -0.2) is 46.8 Å². The number of fused-ring (bicyclic) bond motifs is 1. The first-order valence-electron chi connectivity index (χ1n) is 11.0. The average Bonchev–Trinajstić information content (AvgIpc) is 2.80. The van der Waals surface area contributed by atoms with Crippen LogP contribution in [0.1, 0.15) is 58.7 Å². The minimum Gasteiger partial charge on any atom is -0.502 e. The van der Waals surface area contributed by atoms with Crippen molar-refractivity contribution in [1.82, 2.24) is 14.9 Å². The molecule has 0 spiro atoms. The Kier molecular flexibility index (Phi) is 7.60. The van der Waals surface area contributed by atoms with E-state index < -0.39 is 28.8 Å². The van der Waals surface area contributed by atoms with Gasteiger partial charge in [-0.2, -0.15) is 0 Å². The number of hydrogen-bond acceptors (Lipinski definition) is 6. The van der Waals surface area contributed by atoms with E-state index in [1.165, 1.54) is 35.2 Å². The van der Waals surface area contributed by atoms with Gasteiger partial charge in [-0.3, -0.25) is 19.4 Å². The zero-order valence-electron chi connectivity index (χ0n) is 19.7. The Labute approximate surface area is 197 Å². The number of nitrogens with one attached hydrogen (secondary N) is 1. The molecule has 0 bridgehead atoms. The van der Waals surface area contributed by atoms with Gasteiger partial charge in [0.2, 0.25) is 5.43 Å². The molecule has 10 heteroatoms. The number of aromatic nitrogens is 1. The largest absolute Gasteiger partial charge is 0.502 e. The lowest BCUT2D eigenvalue weighted by molar-refractivity contribution is 0.0702. The fourth-order valence-electron chi connectivity index (χ4n) is 3.76. The second kappa shape index (κ2) is 10.4. The first kappa shape index (κ1) is 24.8. The van der Waals surface area contributed by atoms with Crippen LogP contribution in [0.5, 0.6) is 5.75 Å². The number of carbonyl (C=O) groups is 2. The van der Waals surface area contributed by atoms with Crippen molar-refractivity contribution in [2.75, 3.05) is 25.3 Å². The molecule has 3 rings (SSSR count). The van der Waals surface area contributed by atoms with E-state index in [4.69, 9.17) is 4.74 Å². The van der Waals surface area contributed by atoms with E-state index in [0.29, 0.717) is 18.7 Å².